The third-order valence-corrected chi connectivity index (χ3v) is 2.58. The lowest BCUT2D eigenvalue weighted by atomic mass is 10.2. The summed E-state index contributed by atoms with van der Waals surface area (Å²) in [5.41, 5.74) is 1.10. The Labute approximate surface area is 132 Å². The van der Waals surface area contributed by atoms with Crippen molar-refractivity contribution < 1.29 is 14.6 Å². The average molecular weight is 327 g/mol. The van der Waals surface area contributed by atoms with Gasteiger partial charge in [-0.2, -0.15) is 0 Å². The van der Waals surface area contributed by atoms with Crippen LogP contribution in [0.25, 0.3) is 0 Å². The van der Waals surface area contributed by atoms with Crippen LogP contribution >= 0.6 is 24.8 Å². The zero-order valence-corrected chi connectivity index (χ0v) is 13.5. The van der Waals surface area contributed by atoms with Gasteiger partial charge in [0.2, 0.25) is 0 Å². The van der Waals surface area contributed by atoms with Gasteiger partial charge in [0, 0.05) is 37.8 Å². The lowest BCUT2D eigenvalue weighted by Crippen LogP contribution is -2.28. The third-order valence-electron chi connectivity index (χ3n) is 2.58. The molecule has 5 nitrogen and oxygen atoms in total. The maximum atomic E-state index is 8.61. The summed E-state index contributed by atoms with van der Waals surface area (Å²) in [4.78, 5) is 0. The summed E-state index contributed by atoms with van der Waals surface area (Å²) in [6.07, 6.45) is 0. The summed E-state index contributed by atoms with van der Waals surface area (Å²) >= 11 is 0. The van der Waals surface area contributed by atoms with E-state index >= 15 is 0 Å². The van der Waals surface area contributed by atoms with E-state index in [1.807, 2.05) is 18.2 Å². The summed E-state index contributed by atoms with van der Waals surface area (Å²) in [5, 5.41) is 15.0. The van der Waals surface area contributed by atoms with Crippen molar-refractivity contribution in [3.8, 4) is 11.5 Å². The molecule has 0 fully saturated rings. The lowest BCUT2D eigenvalue weighted by molar-refractivity contribution is 0.292. The van der Waals surface area contributed by atoms with Gasteiger partial charge < -0.3 is 25.2 Å². The van der Waals surface area contributed by atoms with Crippen LogP contribution in [0.2, 0.25) is 0 Å². The highest BCUT2D eigenvalue weighted by molar-refractivity contribution is 5.85. The molecule has 118 valence electrons. The van der Waals surface area contributed by atoms with E-state index in [1.54, 1.807) is 14.2 Å². The second kappa shape index (κ2) is 13.3. The maximum absolute atomic E-state index is 8.61. The minimum Gasteiger partial charge on any atom is -0.497 e. The highest BCUT2D eigenvalue weighted by Crippen LogP contribution is 2.24. The van der Waals surface area contributed by atoms with Crippen LogP contribution in [0.15, 0.2) is 18.2 Å². The Hall–Kier alpha value is -0.720. The minimum absolute atomic E-state index is 0. The number of methoxy groups -OCH3 is 2. The molecule has 7 heteroatoms. The van der Waals surface area contributed by atoms with E-state index in [4.69, 9.17) is 14.6 Å². The van der Waals surface area contributed by atoms with E-state index in [-0.39, 0.29) is 31.4 Å². The Morgan fingerprint density at radius 2 is 1.70 bits per heavy atom. The fraction of sp³-hybridized carbons (Fsp3) is 0.538. The number of aliphatic hydroxyl groups is 1. The normalized spacial score (nSPS) is 9.35. The van der Waals surface area contributed by atoms with Crippen LogP contribution in [-0.4, -0.2) is 45.6 Å². The van der Waals surface area contributed by atoms with Gasteiger partial charge in [-0.3, -0.25) is 0 Å². The zero-order chi connectivity index (χ0) is 13.2. The molecule has 0 aromatic heterocycles. The molecule has 0 saturated heterocycles. The van der Waals surface area contributed by atoms with Gasteiger partial charge in [0.15, 0.2) is 0 Å². The number of ether oxygens (including phenoxy) is 2. The Bertz CT molecular complexity index is 354. The number of halogens is 2. The molecule has 20 heavy (non-hydrogen) atoms. The Balaban J connectivity index is 0. The quantitative estimate of drug-likeness (QED) is 0.595. The smallest absolute Gasteiger partial charge is 0.127 e. The molecule has 0 aliphatic rings. The molecule has 0 amide bonds. The highest BCUT2D eigenvalue weighted by Gasteiger charge is 2.04. The van der Waals surface area contributed by atoms with E-state index in [2.05, 4.69) is 10.6 Å². The fourth-order valence-corrected chi connectivity index (χ4v) is 1.60. The molecule has 0 unspecified atom stereocenters. The highest BCUT2D eigenvalue weighted by atomic mass is 35.5. The van der Waals surface area contributed by atoms with Crippen LogP contribution in [0.4, 0.5) is 0 Å². The first-order chi connectivity index (χ1) is 8.81. The number of aliphatic hydroxyl groups excluding tert-OH is 1. The van der Waals surface area contributed by atoms with Gasteiger partial charge in [0.05, 0.1) is 20.8 Å². The van der Waals surface area contributed by atoms with Gasteiger partial charge in [-0.15, -0.1) is 24.8 Å². The summed E-state index contributed by atoms with van der Waals surface area (Å²) in [5.74, 6) is 1.62. The Morgan fingerprint density at radius 3 is 2.30 bits per heavy atom. The van der Waals surface area contributed by atoms with E-state index in [9.17, 15) is 0 Å². The molecule has 0 bridgehead atoms. The Morgan fingerprint density at radius 1 is 1.00 bits per heavy atom. The average Bonchev–Trinajstić information content (AvgIpc) is 2.42. The molecule has 1 aromatic carbocycles. The second-order valence-corrected chi connectivity index (χ2v) is 3.83. The van der Waals surface area contributed by atoms with E-state index in [1.165, 1.54) is 0 Å². The van der Waals surface area contributed by atoms with Crippen LogP contribution in [0.3, 0.4) is 0 Å². The monoisotopic (exact) mass is 326 g/mol. The first-order valence-electron chi connectivity index (χ1n) is 6.05. The molecule has 0 aliphatic heterocycles. The van der Waals surface area contributed by atoms with Gasteiger partial charge in [-0.05, 0) is 6.07 Å². The number of benzene rings is 1. The summed E-state index contributed by atoms with van der Waals surface area (Å²) in [7, 11) is 3.29. The molecule has 3 N–H and O–H groups in total. The molecule has 0 atom stereocenters. The maximum Gasteiger partial charge on any atom is 0.127 e. The molecule has 0 spiro atoms. The van der Waals surface area contributed by atoms with Crippen molar-refractivity contribution in [2.24, 2.45) is 0 Å². The predicted octanol–water partition coefficient (Wildman–Crippen LogP) is 1.22. The first-order valence-corrected chi connectivity index (χ1v) is 6.05. The van der Waals surface area contributed by atoms with Gasteiger partial charge in [0.1, 0.15) is 11.5 Å². The standard InChI is InChI=1S/C13H22N2O3.2ClH/c1-17-12-4-3-11(13(9-12)18-2)10-15-6-5-14-7-8-16;;/h3-4,9,14-16H,5-8,10H2,1-2H3;2*1H. The molecule has 0 saturated carbocycles. The number of nitrogens with one attached hydrogen (secondary N) is 2. The molecule has 1 aromatic rings. The Kier molecular flexibility index (Phi) is 14.3. The van der Waals surface area contributed by atoms with Crippen molar-refractivity contribution in [3.05, 3.63) is 23.8 Å². The summed E-state index contributed by atoms with van der Waals surface area (Å²) < 4.78 is 10.5. The van der Waals surface area contributed by atoms with Gasteiger partial charge in [-0.25, -0.2) is 0 Å². The minimum atomic E-state index is 0. The SMILES string of the molecule is COc1ccc(CNCCNCCO)c(OC)c1.Cl.Cl. The number of rotatable bonds is 9. The van der Waals surface area contributed by atoms with Crippen molar-refractivity contribution in [2.45, 2.75) is 6.54 Å². The van der Waals surface area contributed by atoms with E-state index < -0.39 is 0 Å². The van der Waals surface area contributed by atoms with Crippen molar-refractivity contribution >= 4 is 24.8 Å². The van der Waals surface area contributed by atoms with E-state index in [0.29, 0.717) is 6.54 Å². The van der Waals surface area contributed by atoms with Crippen LogP contribution in [0.5, 0.6) is 11.5 Å². The van der Waals surface area contributed by atoms with Crippen LogP contribution in [0.1, 0.15) is 5.56 Å². The van der Waals surface area contributed by atoms with Gasteiger partial charge in [0.25, 0.3) is 0 Å². The van der Waals surface area contributed by atoms with Crippen LogP contribution in [0, 0.1) is 0 Å². The van der Waals surface area contributed by atoms with Crippen molar-refractivity contribution in [2.75, 3.05) is 40.5 Å². The van der Waals surface area contributed by atoms with Gasteiger partial charge in [-0.1, -0.05) is 6.07 Å². The molecule has 1 rings (SSSR count). The lowest BCUT2D eigenvalue weighted by Gasteiger charge is -2.11. The predicted molar refractivity (Wildman–Crippen MR) is 85.7 cm³/mol. The second-order valence-electron chi connectivity index (χ2n) is 3.83. The fourth-order valence-electron chi connectivity index (χ4n) is 1.60. The molecule has 0 heterocycles. The summed E-state index contributed by atoms with van der Waals surface area (Å²) in [6.45, 7) is 3.22. The van der Waals surface area contributed by atoms with Crippen LogP contribution in [-0.2, 0) is 6.54 Å². The third kappa shape index (κ3) is 7.77. The topological polar surface area (TPSA) is 62.8 Å². The van der Waals surface area contributed by atoms with Gasteiger partial charge >= 0.3 is 0 Å². The first kappa shape index (κ1) is 21.6. The zero-order valence-electron chi connectivity index (χ0n) is 11.8. The van der Waals surface area contributed by atoms with E-state index in [0.717, 1.165) is 36.7 Å². The number of hydrogen-bond donors (Lipinski definition) is 3. The van der Waals surface area contributed by atoms with Crippen LogP contribution < -0.4 is 20.1 Å². The van der Waals surface area contributed by atoms with Crippen molar-refractivity contribution in [1.82, 2.24) is 10.6 Å². The molecule has 0 aliphatic carbocycles. The van der Waals surface area contributed by atoms with Crippen molar-refractivity contribution in [3.63, 3.8) is 0 Å². The molecular weight excluding hydrogens is 303 g/mol. The largest absolute Gasteiger partial charge is 0.497 e. The molecule has 0 radical (unpaired) electrons. The van der Waals surface area contributed by atoms with Crippen molar-refractivity contribution in [1.29, 1.82) is 0 Å². The number of hydrogen-bond acceptors (Lipinski definition) is 5. The summed E-state index contributed by atoms with van der Waals surface area (Å²) in [6, 6.07) is 5.79. The molecular formula is C13H24Cl2N2O3.